The highest BCUT2D eigenvalue weighted by molar-refractivity contribution is 14.1. The van der Waals surface area contributed by atoms with Gasteiger partial charge in [0.15, 0.2) is 5.11 Å². The Balaban J connectivity index is 1.92. The number of anilines is 1. The minimum atomic E-state index is -0.376. The van der Waals surface area contributed by atoms with Gasteiger partial charge in [0, 0.05) is 25.9 Å². The van der Waals surface area contributed by atoms with Crippen LogP contribution in [0.1, 0.15) is 5.56 Å². The standard InChI is InChI=1S/C15H10Cl2IN3OS/c16-10-3-1-9(12(17)7-10)2-6-14(22)21-15(23)20-13-5-4-11(18)8-19-13/h1-8H,(H2,19,20,21,22,23). The van der Waals surface area contributed by atoms with Crippen LogP contribution in [0.25, 0.3) is 6.08 Å². The topological polar surface area (TPSA) is 54.0 Å². The van der Waals surface area contributed by atoms with E-state index in [1.54, 1.807) is 36.5 Å². The lowest BCUT2D eigenvalue weighted by Gasteiger charge is -2.07. The second-order valence-corrected chi connectivity index (χ2v) is 6.80. The summed E-state index contributed by atoms with van der Waals surface area (Å²) in [7, 11) is 0. The van der Waals surface area contributed by atoms with Crippen LogP contribution in [0.3, 0.4) is 0 Å². The molecule has 118 valence electrons. The lowest BCUT2D eigenvalue weighted by atomic mass is 10.2. The molecule has 0 atom stereocenters. The third-order valence-corrected chi connectivity index (χ3v) is 3.99. The van der Waals surface area contributed by atoms with Crippen LogP contribution in [-0.2, 0) is 4.79 Å². The van der Waals surface area contributed by atoms with Crippen molar-refractivity contribution in [1.82, 2.24) is 10.3 Å². The van der Waals surface area contributed by atoms with E-state index in [4.69, 9.17) is 35.4 Å². The normalized spacial score (nSPS) is 10.6. The second-order valence-electron chi connectivity index (χ2n) is 4.30. The number of pyridine rings is 1. The van der Waals surface area contributed by atoms with Crippen molar-refractivity contribution in [3.8, 4) is 0 Å². The fourth-order valence-corrected chi connectivity index (χ4v) is 2.55. The highest BCUT2D eigenvalue weighted by atomic mass is 127. The number of halogens is 3. The van der Waals surface area contributed by atoms with Crippen LogP contribution < -0.4 is 10.6 Å². The number of carbonyl (C=O) groups is 1. The number of nitrogens with zero attached hydrogens (tertiary/aromatic N) is 1. The Labute approximate surface area is 162 Å². The Morgan fingerprint density at radius 3 is 2.70 bits per heavy atom. The van der Waals surface area contributed by atoms with E-state index in [1.807, 2.05) is 6.07 Å². The SMILES string of the molecule is O=C(C=Cc1ccc(Cl)cc1Cl)NC(=S)Nc1ccc(I)cn1. The molecule has 0 spiro atoms. The summed E-state index contributed by atoms with van der Waals surface area (Å²) in [5, 5.41) is 6.51. The van der Waals surface area contributed by atoms with Crippen LogP contribution >= 0.6 is 58.0 Å². The third-order valence-electron chi connectivity index (χ3n) is 2.58. The highest BCUT2D eigenvalue weighted by Gasteiger charge is 2.03. The predicted molar refractivity (Wildman–Crippen MR) is 107 cm³/mol. The predicted octanol–water partition coefficient (Wildman–Crippen LogP) is 4.52. The Morgan fingerprint density at radius 2 is 2.04 bits per heavy atom. The van der Waals surface area contributed by atoms with Crippen molar-refractivity contribution in [1.29, 1.82) is 0 Å². The van der Waals surface area contributed by atoms with Crippen molar-refractivity contribution < 1.29 is 4.79 Å². The van der Waals surface area contributed by atoms with Gasteiger partial charge >= 0.3 is 0 Å². The number of hydrogen-bond acceptors (Lipinski definition) is 3. The number of benzene rings is 1. The molecule has 0 bridgehead atoms. The molecule has 23 heavy (non-hydrogen) atoms. The van der Waals surface area contributed by atoms with Gasteiger partial charge in [-0.25, -0.2) is 4.98 Å². The molecule has 4 nitrogen and oxygen atoms in total. The van der Waals surface area contributed by atoms with Gasteiger partial charge in [0.25, 0.3) is 0 Å². The number of nitrogens with one attached hydrogen (secondary N) is 2. The summed E-state index contributed by atoms with van der Waals surface area (Å²) in [6.45, 7) is 0. The van der Waals surface area contributed by atoms with Crippen molar-refractivity contribution >= 4 is 80.9 Å². The van der Waals surface area contributed by atoms with Crippen LogP contribution in [0.15, 0.2) is 42.6 Å². The van der Waals surface area contributed by atoms with Gasteiger partial charge in [-0.05, 0) is 70.7 Å². The second kappa shape index (κ2) is 8.58. The Morgan fingerprint density at radius 1 is 1.26 bits per heavy atom. The van der Waals surface area contributed by atoms with Crippen molar-refractivity contribution in [3.05, 3.63) is 61.8 Å². The van der Waals surface area contributed by atoms with E-state index in [2.05, 4.69) is 38.2 Å². The van der Waals surface area contributed by atoms with Crippen molar-refractivity contribution in [3.63, 3.8) is 0 Å². The van der Waals surface area contributed by atoms with Gasteiger partial charge in [-0.1, -0.05) is 29.3 Å². The Hall–Kier alpha value is -1.22. The van der Waals surface area contributed by atoms with Gasteiger partial charge in [0.1, 0.15) is 5.82 Å². The summed E-state index contributed by atoms with van der Waals surface area (Å²) < 4.78 is 1.01. The van der Waals surface area contributed by atoms with Crippen molar-refractivity contribution in [2.75, 3.05) is 5.32 Å². The zero-order chi connectivity index (χ0) is 16.8. The maximum atomic E-state index is 11.8. The van der Waals surface area contributed by atoms with Gasteiger partial charge < -0.3 is 5.32 Å². The first-order valence-electron chi connectivity index (χ1n) is 6.31. The molecule has 0 aliphatic rings. The first-order chi connectivity index (χ1) is 10.9. The van der Waals surface area contributed by atoms with E-state index in [0.717, 1.165) is 3.57 Å². The molecule has 2 rings (SSSR count). The monoisotopic (exact) mass is 477 g/mol. The minimum absolute atomic E-state index is 0.163. The van der Waals surface area contributed by atoms with E-state index in [1.165, 1.54) is 6.08 Å². The first kappa shape index (κ1) is 18.1. The van der Waals surface area contributed by atoms with E-state index in [0.29, 0.717) is 21.4 Å². The molecule has 0 unspecified atom stereocenters. The van der Waals surface area contributed by atoms with E-state index in [9.17, 15) is 4.79 Å². The number of amides is 1. The molecule has 2 N–H and O–H groups in total. The Bertz CT molecular complexity index is 766. The average molecular weight is 478 g/mol. The highest BCUT2D eigenvalue weighted by Crippen LogP contribution is 2.21. The smallest absolute Gasteiger partial charge is 0.250 e. The average Bonchev–Trinajstić information content (AvgIpc) is 2.48. The van der Waals surface area contributed by atoms with Crippen LogP contribution in [0.5, 0.6) is 0 Å². The summed E-state index contributed by atoms with van der Waals surface area (Å²) in [5.41, 5.74) is 0.685. The molecular formula is C15H10Cl2IN3OS. The molecule has 1 aromatic heterocycles. The molecule has 0 radical (unpaired) electrons. The molecule has 8 heteroatoms. The molecule has 1 amide bonds. The lowest BCUT2D eigenvalue weighted by Crippen LogP contribution is -2.33. The number of carbonyl (C=O) groups excluding carboxylic acids is 1. The van der Waals surface area contributed by atoms with E-state index >= 15 is 0 Å². The first-order valence-corrected chi connectivity index (χ1v) is 8.55. The number of aromatic nitrogens is 1. The van der Waals surface area contributed by atoms with Crippen LogP contribution in [0.4, 0.5) is 5.82 Å². The zero-order valence-corrected chi connectivity index (χ0v) is 16.0. The van der Waals surface area contributed by atoms with Gasteiger partial charge in [-0.15, -0.1) is 0 Å². The number of rotatable bonds is 3. The van der Waals surface area contributed by atoms with Gasteiger partial charge in [0.05, 0.1) is 0 Å². The maximum Gasteiger partial charge on any atom is 0.250 e. The summed E-state index contributed by atoms with van der Waals surface area (Å²) in [4.78, 5) is 16.0. The molecule has 0 aliphatic heterocycles. The fourth-order valence-electron chi connectivity index (χ4n) is 1.55. The quantitative estimate of drug-likeness (QED) is 0.387. The fraction of sp³-hybridized carbons (Fsp3) is 0. The molecule has 0 saturated carbocycles. The van der Waals surface area contributed by atoms with Crippen molar-refractivity contribution in [2.45, 2.75) is 0 Å². The van der Waals surface area contributed by atoms with Crippen LogP contribution in [-0.4, -0.2) is 16.0 Å². The van der Waals surface area contributed by atoms with E-state index in [-0.39, 0.29) is 11.0 Å². The minimum Gasteiger partial charge on any atom is -0.317 e. The molecule has 0 saturated heterocycles. The van der Waals surface area contributed by atoms with Gasteiger partial charge in [0.2, 0.25) is 5.91 Å². The van der Waals surface area contributed by atoms with Gasteiger partial charge in [-0.3, -0.25) is 10.1 Å². The lowest BCUT2D eigenvalue weighted by molar-refractivity contribution is -0.115. The van der Waals surface area contributed by atoms with Crippen LogP contribution in [0.2, 0.25) is 10.0 Å². The van der Waals surface area contributed by atoms with Crippen LogP contribution in [0, 0.1) is 3.57 Å². The van der Waals surface area contributed by atoms with E-state index < -0.39 is 0 Å². The number of thiocarbonyl (C=S) groups is 1. The molecular weight excluding hydrogens is 468 g/mol. The summed E-state index contributed by atoms with van der Waals surface area (Å²) in [5.74, 6) is 0.180. The molecule has 1 heterocycles. The molecule has 2 aromatic rings. The molecule has 0 fully saturated rings. The maximum absolute atomic E-state index is 11.8. The summed E-state index contributed by atoms with van der Waals surface area (Å²) in [6.07, 6.45) is 4.61. The number of hydrogen-bond donors (Lipinski definition) is 2. The largest absolute Gasteiger partial charge is 0.317 e. The summed E-state index contributed by atoms with van der Waals surface area (Å²) >= 11 is 19.0. The zero-order valence-electron chi connectivity index (χ0n) is 11.5. The third kappa shape index (κ3) is 6.06. The molecule has 0 aliphatic carbocycles. The molecule has 1 aromatic carbocycles. The summed E-state index contributed by atoms with van der Waals surface area (Å²) in [6, 6.07) is 8.67. The van der Waals surface area contributed by atoms with Crippen molar-refractivity contribution in [2.24, 2.45) is 0 Å². The van der Waals surface area contributed by atoms with Gasteiger partial charge in [-0.2, -0.15) is 0 Å². The Kier molecular flexibility index (Phi) is 6.76.